The van der Waals surface area contributed by atoms with Gasteiger partial charge in [0.05, 0.1) is 17.7 Å². The predicted molar refractivity (Wildman–Crippen MR) is 85.4 cm³/mol. The van der Waals surface area contributed by atoms with Gasteiger partial charge >= 0.3 is 0 Å². The topological polar surface area (TPSA) is 66.4 Å². The number of aliphatic hydroxyl groups is 1. The summed E-state index contributed by atoms with van der Waals surface area (Å²) < 4.78 is 39.8. The highest BCUT2D eigenvalue weighted by atomic mass is 35.5. The van der Waals surface area contributed by atoms with Crippen LogP contribution in [0.1, 0.15) is 11.1 Å². The van der Waals surface area contributed by atoms with Gasteiger partial charge in [0.2, 0.25) is 0 Å². The van der Waals surface area contributed by atoms with Gasteiger partial charge in [-0.05, 0) is 23.8 Å². The monoisotopic (exact) mass is 341 g/mol. The lowest BCUT2D eigenvalue weighted by molar-refractivity contribution is 0.282. The average molecular weight is 342 g/mol. The van der Waals surface area contributed by atoms with Gasteiger partial charge in [-0.2, -0.15) is 0 Å². The number of sulfonamides is 1. The first-order valence-corrected chi connectivity index (χ1v) is 8.19. The Labute approximate surface area is 132 Å². The number of hydrogen-bond donors (Lipinski definition) is 2. The molecule has 22 heavy (non-hydrogen) atoms. The Kier molecular flexibility index (Phi) is 5.18. The molecule has 0 fully saturated rings. The van der Waals surface area contributed by atoms with Gasteiger partial charge in [-0.1, -0.05) is 41.9 Å². The van der Waals surface area contributed by atoms with E-state index >= 15 is 0 Å². The number of nitrogens with one attached hydrogen (secondary N) is 1. The predicted octanol–water partition coefficient (Wildman–Crippen LogP) is 3.38. The zero-order valence-electron chi connectivity index (χ0n) is 11.3. The van der Waals surface area contributed by atoms with Crippen LogP contribution in [0, 0.1) is 5.82 Å². The van der Waals surface area contributed by atoms with Crippen molar-refractivity contribution >= 4 is 33.4 Å². The van der Waals surface area contributed by atoms with Crippen LogP contribution in [0.5, 0.6) is 0 Å². The Balaban J connectivity index is 2.28. The zero-order valence-corrected chi connectivity index (χ0v) is 12.9. The standard InChI is InChI=1S/C15H13ClFNO3S/c16-13-6-2-1-4-11(13)8-9-22(20,21)18-15-12(10-19)5-3-7-14(15)17/h1-9,18-19H,10H2/b9-8+. The van der Waals surface area contributed by atoms with E-state index in [0.29, 0.717) is 10.6 Å². The van der Waals surface area contributed by atoms with E-state index in [2.05, 4.69) is 4.72 Å². The second-order valence-corrected chi connectivity index (χ2v) is 6.38. The highest BCUT2D eigenvalue weighted by molar-refractivity contribution is 7.95. The first kappa shape index (κ1) is 16.5. The molecule has 0 aliphatic heterocycles. The molecule has 0 heterocycles. The second-order valence-electron chi connectivity index (χ2n) is 4.40. The highest BCUT2D eigenvalue weighted by Gasteiger charge is 2.13. The lowest BCUT2D eigenvalue weighted by Gasteiger charge is -2.10. The lowest BCUT2D eigenvalue weighted by Crippen LogP contribution is -2.12. The first-order valence-electron chi connectivity index (χ1n) is 6.26. The van der Waals surface area contributed by atoms with Crippen LogP contribution in [0.3, 0.4) is 0 Å². The quantitative estimate of drug-likeness (QED) is 0.876. The zero-order chi connectivity index (χ0) is 16.2. The number of hydrogen-bond acceptors (Lipinski definition) is 3. The van der Waals surface area contributed by atoms with Crippen LogP contribution in [-0.4, -0.2) is 13.5 Å². The van der Waals surface area contributed by atoms with Crippen LogP contribution in [0.25, 0.3) is 6.08 Å². The normalized spacial score (nSPS) is 11.8. The molecule has 0 saturated carbocycles. The number of para-hydroxylation sites is 1. The van der Waals surface area contributed by atoms with E-state index < -0.39 is 22.4 Å². The van der Waals surface area contributed by atoms with Crippen LogP contribution in [0.4, 0.5) is 10.1 Å². The van der Waals surface area contributed by atoms with Gasteiger partial charge in [0.1, 0.15) is 5.82 Å². The molecule has 0 radical (unpaired) electrons. The SMILES string of the molecule is O=S(=O)(/C=C/c1ccccc1Cl)Nc1c(F)cccc1CO. The summed E-state index contributed by atoms with van der Waals surface area (Å²) in [6.45, 7) is -0.482. The fourth-order valence-electron chi connectivity index (χ4n) is 1.76. The van der Waals surface area contributed by atoms with E-state index in [1.54, 1.807) is 24.3 Å². The Hall–Kier alpha value is -1.89. The number of halogens is 2. The molecule has 0 aliphatic rings. The van der Waals surface area contributed by atoms with Crippen molar-refractivity contribution in [1.82, 2.24) is 0 Å². The fraction of sp³-hybridized carbons (Fsp3) is 0.0667. The van der Waals surface area contributed by atoms with Crippen molar-refractivity contribution in [2.45, 2.75) is 6.61 Å². The number of benzene rings is 2. The summed E-state index contributed by atoms with van der Waals surface area (Å²) in [7, 11) is -3.94. The summed E-state index contributed by atoms with van der Waals surface area (Å²) >= 11 is 5.93. The molecule has 0 unspecified atom stereocenters. The molecule has 2 rings (SSSR count). The summed E-state index contributed by atoms with van der Waals surface area (Å²) in [6, 6.07) is 10.6. The largest absolute Gasteiger partial charge is 0.392 e. The number of aliphatic hydroxyl groups excluding tert-OH is 1. The molecule has 4 nitrogen and oxygen atoms in total. The van der Waals surface area contributed by atoms with Gasteiger partial charge in [0, 0.05) is 10.6 Å². The minimum Gasteiger partial charge on any atom is -0.392 e. The molecule has 2 aromatic rings. The number of rotatable bonds is 5. The van der Waals surface area contributed by atoms with Gasteiger partial charge < -0.3 is 5.11 Å². The fourth-order valence-corrected chi connectivity index (χ4v) is 2.87. The van der Waals surface area contributed by atoms with E-state index in [-0.39, 0.29) is 11.3 Å². The third-order valence-electron chi connectivity index (χ3n) is 2.85. The summed E-state index contributed by atoms with van der Waals surface area (Å²) in [5.41, 5.74) is 0.397. The van der Waals surface area contributed by atoms with E-state index in [0.717, 1.165) is 11.5 Å². The molecular weight excluding hydrogens is 329 g/mol. The van der Waals surface area contributed by atoms with Gasteiger partial charge in [-0.15, -0.1) is 0 Å². The number of anilines is 1. The lowest BCUT2D eigenvalue weighted by atomic mass is 10.2. The van der Waals surface area contributed by atoms with E-state index in [4.69, 9.17) is 16.7 Å². The van der Waals surface area contributed by atoms with Crippen LogP contribution < -0.4 is 4.72 Å². The molecule has 0 saturated heterocycles. The molecule has 0 amide bonds. The van der Waals surface area contributed by atoms with Crippen molar-refractivity contribution in [2.24, 2.45) is 0 Å². The van der Waals surface area contributed by atoms with Crippen LogP contribution >= 0.6 is 11.6 Å². The van der Waals surface area contributed by atoms with Gasteiger partial charge in [-0.25, -0.2) is 12.8 Å². The Bertz CT molecular complexity index is 806. The van der Waals surface area contributed by atoms with Crippen molar-refractivity contribution in [1.29, 1.82) is 0 Å². The van der Waals surface area contributed by atoms with E-state index in [9.17, 15) is 12.8 Å². The maximum Gasteiger partial charge on any atom is 0.255 e. The van der Waals surface area contributed by atoms with Crippen molar-refractivity contribution in [2.75, 3.05) is 4.72 Å². The summed E-state index contributed by atoms with van der Waals surface area (Å²) in [6.07, 6.45) is 1.31. The molecular formula is C15H13ClFNO3S. The molecule has 2 aromatic carbocycles. The summed E-state index contributed by atoms with van der Waals surface area (Å²) in [5, 5.41) is 10.4. The van der Waals surface area contributed by atoms with Crippen molar-refractivity contribution in [3.63, 3.8) is 0 Å². The van der Waals surface area contributed by atoms with Crippen LogP contribution in [0.15, 0.2) is 47.9 Å². The molecule has 0 spiro atoms. The minimum absolute atomic E-state index is 0.148. The second kappa shape index (κ2) is 6.91. The first-order chi connectivity index (χ1) is 10.4. The average Bonchev–Trinajstić information content (AvgIpc) is 2.48. The Morgan fingerprint density at radius 1 is 1.18 bits per heavy atom. The maximum absolute atomic E-state index is 13.7. The molecule has 7 heteroatoms. The molecule has 116 valence electrons. The smallest absolute Gasteiger partial charge is 0.255 e. The molecule has 2 N–H and O–H groups in total. The van der Waals surface area contributed by atoms with E-state index in [1.165, 1.54) is 18.2 Å². The van der Waals surface area contributed by atoms with Gasteiger partial charge in [-0.3, -0.25) is 4.72 Å². The van der Waals surface area contributed by atoms with Crippen LogP contribution in [-0.2, 0) is 16.6 Å². The third kappa shape index (κ3) is 4.07. The van der Waals surface area contributed by atoms with Crippen molar-refractivity contribution < 1.29 is 17.9 Å². The summed E-state index contributed by atoms with van der Waals surface area (Å²) in [4.78, 5) is 0. The van der Waals surface area contributed by atoms with Crippen molar-refractivity contribution in [3.8, 4) is 0 Å². The molecule has 0 atom stereocenters. The maximum atomic E-state index is 13.7. The van der Waals surface area contributed by atoms with Crippen LogP contribution in [0.2, 0.25) is 5.02 Å². The van der Waals surface area contributed by atoms with E-state index in [1.807, 2.05) is 0 Å². The molecule has 0 aliphatic carbocycles. The molecule has 0 aromatic heterocycles. The minimum atomic E-state index is -3.94. The summed E-state index contributed by atoms with van der Waals surface area (Å²) in [5.74, 6) is -0.763. The van der Waals surface area contributed by atoms with Gasteiger partial charge in [0.15, 0.2) is 0 Å². The third-order valence-corrected chi connectivity index (χ3v) is 4.17. The highest BCUT2D eigenvalue weighted by Crippen LogP contribution is 2.22. The van der Waals surface area contributed by atoms with Crippen molar-refractivity contribution in [3.05, 3.63) is 69.8 Å². The van der Waals surface area contributed by atoms with Gasteiger partial charge in [0.25, 0.3) is 10.0 Å². The Morgan fingerprint density at radius 2 is 1.91 bits per heavy atom. The Morgan fingerprint density at radius 3 is 2.59 bits per heavy atom. The molecule has 0 bridgehead atoms.